The Kier molecular flexibility index (Phi) is 4.09. The Bertz CT molecular complexity index is 368. The SMILES string of the molecule is CN1CCC(NCc2ccc(Cl)cc2Cl)C1. The number of halogens is 2. The lowest BCUT2D eigenvalue weighted by Gasteiger charge is -2.13. The highest BCUT2D eigenvalue weighted by Gasteiger charge is 2.18. The quantitative estimate of drug-likeness (QED) is 0.897. The molecule has 1 fully saturated rings. The molecule has 2 rings (SSSR count). The van der Waals surface area contributed by atoms with Gasteiger partial charge in [0, 0.05) is 29.2 Å². The van der Waals surface area contributed by atoms with E-state index in [2.05, 4.69) is 17.3 Å². The van der Waals surface area contributed by atoms with E-state index in [1.54, 1.807) is 6.07 Å². The fraction of sp³-hybridized carbons (Fsp3) is 0.500. The summed E-state index contributed by atoms with van der Waals surface area (Å²) in [6.07, 6.45) is 1.21. The van der Waals surface area contributed by atoms with Gasteiger partial charge in [-0.3, -0.25) is 0 Å². The molecule has 88 valence electrons. The summed E-state index contributed by atoms with van der Waals surface area (Å²) < 4.78 is 0. The van der Waals surface area contributed by atoms with Crippen LogP contribution in [-0.2, 0) is 6.54 Å². The Balaban J connectivity index is 1.89. The van der Waals surface area contributed by atoms with Crippen molar-refractivity contribution in [2.24, 2.45) is 0 Å². The topological polar surface area (TPSA) is 15.3 Å². The molecular formula is C12H16Cl2N2. The second kappa shape index (κ2) is 5.37. The van der Waals surface area contributed by atoms with Gasteiger partial charge in [-0.2, -0.15) is 0 Å². The zero-order valence-corrected chi connectivity index (χ0v) is 10.9. The average molecular weight is 259 g/mol. The van der Waals surface area contributed by atoms with Crippen molar-refractivity contribution in [2.75, 3.05) is 20.1 Å². The van der Waals surface area contributed by atoms with E-state index in [1.807, 2.05) is 12.1 Å². The maximum Gasteiger partial charge on any atom is 0.0465 e. The summed E-state index contributed by atoms with van der Waals surface area (Å²) in [5.74, 6) is 0. The summed E-state index contributed by atoms with van der Waals surface area (Å²) >= 11 is 12.0. The van der Waals surface area contributed by atoms with E-state index < -0.39 is 0 Å². The van der Waals surface area contributed by atoms with Gasteiger partial charge in [0.2, 0.25) is 0 Å². The molecule has 16 heavy (non-hydrogen) atoms. The smallest absolute Gasteiger partial charge is 0.0465 e. The van der Waals surface area contributed by atoms with Crippen LogP contribution in [0.2, 0.25) is 10.0 Å². The number of rotatable bonds is 3. The lowest BCUT2D eigenvalue weighted by molar-refractivity contribution is 0.397. The summed E-state index contributed by atoms with van der Waals surface area (Å²) in [5, 5.41) is 4.95. The fourth-order valence-electron chi connectivity index (χ4n) is 2.02. The van der Waals surface area contributed by atoms with Gasteiger partial charge in [0.25, 0.3) is 0 Å². The predicted molar refractivity (Wildman–Crippen MR) is 69.2 cm³/mol. The van der Waals surface area contributed by atoms with Crippen molar-refractivity contribution in [3.05, 3.63) is 33.8 Å². The maximum absolute atomic E-state index is 6.11. The monoisotopic (exact) mass is 258 g/mol. The van der Waals surface area contributed by atoms with Crippen molar-refractivity contribution >= 4 is 23.2 Å². The first-order valence-corrected chi connectivity index (χ1v) is 6.26. The van der Waals surface area contributed by atoms with Gasteiger partial charge in [-0.1, -0.05) is 29.3 Å². The lowest BCUT2D eigenvalue weighted by Crippen LogP contribution is -2.31. The van der Waals surface area contributed by atoms with E-state index in [-0.39, 0.29) is 0 Å². The summed E-state index contributed by atoms with van der Waals surface area (Å²) in [5.41, 5.74) is 1.11. The molecule has 1 aliphatic rings. The lowest BCUT2D eigenvalue weighted by atomic mass is 10.2. The summed E-state index contributed by atoms with van der Waals surface area (Å²) in [6.45, 7) is 3.10. The molecule has 0 aromatic heterocycles. The average Bonchev–Trinajstić information content (AvgIpc) is 2.63. The van der Waals surface area contributed by atoms with Gasteiger partial charge >= 0.3 is 0 Å². The number of likely N-dealkylation sites (N-methyl/N-ethyl adjacent to an activating group) is 1. The molecule has 1 aromatic carbocycles. The molecular weight excluding hydrogens is 243 g/mol. The Morgan fingerprint density at radius 1 is 1.44 bits per heavy atom. The van der Waals surface area contributed by atoms with Crippen molar-refractivity contribution in [3.8, 4) is 0 Å². The minimum absolute atomic E-state index is 0.580. The Labute approximate surface area is 107 Å². The van der Waals surface area contributed by atoms with Gasteiger partial charge < -0.3 is 10.2 Å². The molecule has 1 aromatic rings. The molecule has 0 saturated carbocycles. The molecule has 0 radical (unpaired) electrons. The third-order valence-electron chi connectivity index (χ3n) is 2.99. The molecule has 1 atom stereocenters. The molecule has 0 bridgehead atoms. The molecule has 1 unspecified atom stereocenters. The largest absolute Gasteiger partial charge is 0.309 e. The molecule has 0 aliphatic carbocycles. The standard InChI is InChI=1S/C12H16Cl2N2/c1-16-5-4-11(8-16)15-7-9-2-3-10(13)6-12(9)14/h2-3,6,11,15H,4-5,7-8H2,1H3. The van der Waals surface area contributed by atoms with Crippen LogP contribution < -0.4 is 5.32 Å². The van der Waals surface area contributed by atoms with Crippen molar-refractivity contribution in [1.29, 1.82) is 0 Å². The normalized spacial score (nSPS) is 21.6. The van der Waals surface area contributed by atoms with Crippen LogP contribution in [0.15, 0.2) is 18.2 Å². The van der Waals surface area contributed by atoms with E-state index in [0.717, 1.165) is 23.7 Å². The van der Waals surface area contributed by atoms with Crippen LogP contribution in [0.4, 0.5) is 0 Å². The number of benzene rings is 1. The first-order chi connectivity index (χ1) is 7.65. The number of nitrogens with one attached hydrogen (secondary N) is 1. The zero-order valence-electron chi connectivity index (χ0n) is 9.34. The number of nitrogens with zero attached hydrogens (tertiary/aromatic N) is 1. The van der Waals surface area contributed by atoms with Gasteiger partial charge in [-0.25, -0.2) is 0 Å². The molecule has 1 saturated heterocycles. The molecule has 1 heterocycles. The van der Waals surface area contributed by atoms with Crippen LogP contribution in [0.5, 0.6) is 0 Å². The first kappa shape index (κ1) is 12.2. The first-order valence-electron chi connectivity index (χ1n) is 5.51. The molecule has 0 spiro atoms. The van der Waals surface area contributed by atoms with Crippen LogP contribution in [0.25, 0.3) is 0 Å². The van der Waals surface area contributed by atoms with Crippen molar-refractivity contribution in [1.82, 2.24) is 10.2 Å². The number of likely N-dealkylation sites (tertiary alicyclic amines) is 1. The van der Waals surface area contributed by atoms with Crippen molar-refractivity contribution in [2.45, 2.75) is 19.0 Å². The van der Waals surface area contributed by atoms with Crippen LogP contribution in [0, 0.1) is 0 Å². The van der Waals surface area contributed by atoms with Crippen molar-refractivity contribution in [3.63, 3.8) is 0 Å². The van der Waals surface area contributed by atoms with Crippen LogP contribution in [0.3, 0.4) is 0 Å². The Morgan fingerprint density at radius 3 is 2.88 bits per heavy atom. The molecule has 1 N–H and O–H groups in total. The minimum atomic E-state index is 0.580. The summed E-state index contributed by atoms with van der Waals surface area (Å²) in [7, 11) is 2.15. The second-order valence-corrected chi connectivity index (χ2v) is 5.21. The highest BCUT2D eigenvalue weighted by molar-refractivity contribution is 6.35. The second-order valence-electron chi connectivity index (χ2n) is 4.36. The summed E-state index contributed by atoms with van der Waals surface area (Å²) in [4.78, 5) is 2.33. The number of hydrogen-bond acceptors (Lipinski definition) is 2. The van der Waals surface area contributed by atoms with Gasteiger partial charge in [0.15, 0.2) is 0 Å². The Morgan fingerprint density at radius 2 is 2.25 bits per heavy atom. The highest BCUT2D eigenvalue weighted by Crippen LogP contribution is 2.21. The Hall–Kier alpha value is -0.280. The minimum Gasteiger partial charge on any atom is -0.309 e. The molecule has 1 aliphatic heterocycles. The molecule has 4 heteroatoms. The van der Waals surface area contributed by atoms with E-state index in [1.165, 1.54) is 13.0 Å². The van der Waals surface area contributed by atoms with Crippen LogP contribution >= 0.6 is 23.2 Å². The zero-order chi connectivity index (χ0) is 11.5. The van der Waals surface area contributed by atoms with Crippen LogP contribution in [0.1, 0.15) is 12.0 Å². The van der Waals surface area contributed by atoms with Gasteiger partial charge in [0.1, 0.15) is 0 Å². The maximum atomic E-state index is 6.11. The fourth-order valence-corrected chi connectivity index (χ4v) is 2.50. The van der Waals surface area contributed by atoms with Crippen LogP contribution in [-0.4, -0.2) is 31.1 Å². The third kappa shape index (κ3) is 3.11. The van der Waals surface area contributed by atoms with Gasteiger partial charge in [0.05, 0.1) is 0 Å². The number of hydrogen-bond donors (Lipinski definition) is 1. The predicted octanol–water partition coefficient (Wildman–Crippen LogP) is 2.79. The van der Waals surface area contributed by atoms with Gasteiger partial charge in [-0.15, -0.1) is 0 Å². The van der Waals surface area contributed by atoms with E-state index in [0.29, 0.717) is 11.1 Å². The third-order valence-corrected chi connectivity index (χ3v) is 3.57. The van der Waals surface area contributed by atoms with E-state index >= 15 is 0 Å². The molecule has 2 nitrogen and oxygen atoms in total. The molecule has 0 amide bonds. The van der Waals surface area contributed by atoms with Gasteiger partial charge in [-0.05, 0) is 37.7 Å². The van der Waals surface area contributed by atoms with E-state index in [4.69, 9.17) is 23.2 Å². The highest BCUT2D eigenvalue weighted by atomic mass is 35.5. The van der Waals surface area contributed by atoms with Crippen molar-refractivity contribution < 1.29 is 0 Å². The summed E-state index contributed by atoms with van der Waals surface area (Å²) in [6, 6.07) is 6.24. The van der Waals surface area contributed by atoms with E-state index in [9.17, 15) is 0 Å².